The van der Waals surface area contributed by atoms with E-state index in [0.29, 0.717) is 18.0 Å². The van der Waals surface area contributed by atoms with Crippen molar-refractivity contribution in [1.82, 2.24) is 5.32 Å². The second-order valence-corrected chi connectivity index (χ2v) is 7.38. The van der Waals surface area contributed by atoms with Gasteiger partial charge in [-0.3, -0.25) is 10.1 Å². The van der Waals surface area contributed by atoms with Crippen LogP contribution in [0.15, 0.2) is 66.0 Å². The molecule has 2 N–H and O–H groups in total. The maximum absolute atomic E-state index is 12.5. The van der Waals surface area contributed by atoms with Crippen molar-refractivity contribution in [2.75, 3.05) is 18.5 Å². The Hall–Kier alpha value is -2.63. The van der Waals surface area contributed by atoms with E-state index in [2.05, 4.69) is 53.3 Å². The number of carbonyl (C=O) groups is 1. The second-order valence-electron chi connectivity index (χ2n) is 6.40. The highest BCUT2D eigenvalue weighted by molar-refractivity contribution is 7.10. The van der Waals surface area contributed by atoms with E-state index >= 15 is 0 Å². The Morgan fingerprint density at radius 3 is 2.50 bits per heavy atom. The van der Waals surface area contributed by atoms with Crippen LogP contribution in [-0.2, 0) is 11.2 Å². The number of nitrogens with one attached hydrogen (secondary N) is 2. The van der Waals surface area contributed by atoms with Gasteiger partial charge in [-0.15, -0.1) is 11.3 Å². The zero-order chi connectivity index (χ0) is 19.8. The number of aryl methyl sites for hydroxylation is 1. The predicted octanol–water partition coefficient (Wildman–Crippen LogP) is 5.03. The number of benzene rings is 2. The van der Waals surface area contributed by atoms with Crippen LogP contribution in [0.25, 0.3) is 0 Å². The number of hydrogen-bond acceptors (Lipinski definition) is 4. The van der Waals surface area contributed by atoms with E-state index in [1.54, 1.807) is 11.3 Å². The fourth-order valence-corrected chi connectivity index (χ4v) is 3.85. The van der Waals surface area contributed by atoms with Gasteiger partial charge >= 0.3 is 0 Å². The van der Waals surface area contributed by atoms with E-state index < -0.39 is 0 Å². The third kappa shape index (κ3) is 5.21. The highest BCUT2D eigenvalue weighted by atomic mass is 32.1. The minimum Gasteiger partial charge on any atom is -0.492 e. The monoisotopic (exact) mass is 394 g/mol. The molecule has 1 atom stereocenters. The Morgan fingerprint density at radius 2 is 1.82 bits per heavy atom. The Bertz CT molecular complexity index is 876. The summed E-state index contributed by atoms with van der Waals surface area (Å²) in [5.74, 6) is 0.585. The first-order valence-corrected chi connectivity index (χ1v) is 10.5. The fourth-order valence-electron chi connectivity index (χ4n) is 3.02. The van der Waals surface area contributed by atoms with Gasteiger partial charge in [0, 0.05) is 4.88 Å². The molecule has 1 amide bonds. The zero-order valence-electron chi connectivity index (χ0n) is 16.3. The minimum absolute atomic E-state index is 0.0150. The first-order chi connectivity index (χ1) is 13.7. The number of para-hydroxylation sites is 2. The van der Waals surface area contributed by atoms with Gasteiger partial charge in [-0.1, -0.05) is 49.4 Å². The number of anilines is 1. The molecule has 2 aromatic carbocycles. The van der Waals surface area contributed by atoms with Crippen LogP contribution in [0.3, 0.4) is 0 Å². The number of thiophene rings is 1. The molecule has 0 saturated carbocycles. The standard InChI is InChI=1S/C23H26N2O2S/c1-3-17-11-13-18(14-12-17)23(21-10-7-15-28-21)24-16-22(26)25-19-8-5-6-9-20(19)27-4-2/h5-15,23-24H,3-4,16H2,1-2H3,(H,25,26)/t23-/m1/s1. The lowest BCUT2D eigenvalue weighted by Crippen LogP contribution is -2.31. The van der Waals surface area contributed by atoms with E-state index in [9.17, 15) is 4.79 Å². The first-order valence-electron chi connectivity index (χ1n) is 9.58. The van der Waals surface area contributed by atoms with Crippen LogP contribution < -0.4 is 15.4 Å². The van der Waals surface area contributed by atoms with Crippen molar-refractivity contribution in [2.45, 2.75) is 26.3 Å². The molecule has 0 spiro atoms. The molecule has 1 aromatic heterocycles. The van der Waals surface area contributed by atoms with E-state index in [1.165, 1.54) is 10.4 Å². The number of rotatable bonds is 9. The lowest BCUT2D eigenvalue weighted by molar-refractivity contribution is -0.115. The van der Waals surface area contributed by atoms with E-state index in [-0.39, 0.29) is 18.5 Å². The summed E-state index contributed by atoms with van der Waals surface area (Å²) in [6.45, 7) is 4.84. The first kappa shape index (κ1) is 20.1. The quantitative estimate of drug-likeness (QED) is 0.535. The van der Waals surface area contributed by atoms with Gasteiger partial charge in [0.05, 0.1) is 24.9 Å². The molecule has 3 rings (SSSR count). The summed E-state index contributed by atoms with van der Waals surface area (Å²) in [4.78, 5) is 13.7. The molecule has 0 bridgehead atoms. The molecule has 0 saturated heterocycles. The van der Waals surface area contributed by atoms with Crippen LogP contribution in [0, 0.1) is 0 Å². The van der Waals surface area contributed by atoms with E-state index in [0.717, 1.165) is 12.0 Å². The van der Waals surface area contributed by atoms with Gasteiger partial charge in [0.1, 0.15) is 5.75 Å². The molecular formula is C23H26N2O2S. The fraction of sp³-hybridized carbons (Fsp3) is 0.261. The largest absolute Gasteiger partial charge is 0.492 e. The molecular weight excluding hydrogens is 368 g/mol. The number of hydrogen-bond donors (Lipinski definition) is 2. The molecule has 0 aliphatic rings. The van der Waals surface area contributed by atoms with Crippen molar-refractivity contribution in [3.8, 4) is 5.75 Å². The summed E-state index contributed by atoms with van der Waals surface area (Å²) in [5, 5.41) is 8.41. The molecule has 3 aromatic rings. The normalized spacial score (nSPS) is 11.8. The van der Waals surface area contributed by atoms with Crippen molar-refractivity contribution in [1.29, 1.82) is 0 Å². The Labute approximate surface area is 170 Å². The van der Waals surface area contributed by atoms with Crippen LogP contribution >= 0.6 is 11.3 Å². The number of amides is 1. The second kappa shape index (κ2) is 10.1. The van der Waals surface area contributed by atoms with Gasteiger partial charge in [0.15, 0.2) is 0 Å². The van der Waals surface area contributed by atoms with E-state index in [1.807, 2.05) is 37.3 Å². The highest BCUT2D eigenvalue weighted by Crippen LogP contribution is 2.27. The third-order valence-electron chi connectivity index (χ3n) is 4.48. The van der Waals surface area contributed by atoms with Crippen molar-refractivity contribution in [3.63, 3.8) is 0 Å². The summed E-state index contributed by atoms with van der Waals surface area (Å²) in [5.41, 5.74) is 3.15. The molecule has 0 unspecified atom stereocenters. The smallest absolute Gasteiger partial charge is 0.238 e. The van der Waals surface area contributed by atoms with Gasteiger partial charge in [-0.2, -0.15) is 0 Å². The van der Waals surface area contributed by atoms with E-state index in [4.69, 9.17) is 4.74 Å². The topological polar surface area (TPSA) is 50.4 Å². The van der Waals surface area contributed by atoms with Crippen LogP contribution in [0.5, 0.6) is 5.75 Å². The predicted molar refractivity (Wildman–Crippen MR) is 116 cm³/mol. The molecule has 0 aliphatic carbocycles. The molecule has 0 radical (unpaired) electrons. The average molecular weight is 395 g/mol. The molecule has 5 heteroatoms. The van der Waals surface area contributed by atoms with Gasteiger partial charge in [-0.25, -0.2) is 0 Å². The zero-order valence-corrected chi connectivity index (χ0v) is 17.1. The Morgan fingerprint density at radius 1 is 1.04 bits per heavy atom. The summed E-state index contributed by atoms with van der Waals surface area (Å²) in [6.07, 6.45) is 1.01. The van der Waals surface area contributed by atoms with Crippen molar-refractivity contribution < 1.29 is 9.53 Å². The van der Waals surface area contributed by atoms with Gasteiger partial charge in [0.25, 0.3) is 0 Å². The highest BCUT2D eigenvalue weighted by Gasteiger charge is 2.17. The van der Waals surface area contributed by atoms with Crippen LogP contribution in [0.2, 0.25) is 0 Å². The molecule has 146 valence electrons. The SMILES string of the molecule is CCOc1ccccc1NC(=O)CN[C@H](c1ccc(CC)cc1)c1cccs1. The van der Waals surface area contributed by atoms with Gasteiger partial charge in [0.2, 0.25) is 5.91 Å². The van der Waals surface area contributed by atoms with Crippen molar-refractivity contribution >= 4 is 22.9 Å². The summed E-state index contributed by atoms with van der Waals surface area (Å²) < 4.78 is 5.58. The third-order valence-corrected chi connectivity index (χ3v) is 5.41. The summed E-state index contributed by atoms with van der Waals surface area (Å²) >= 11 is 1.69. The summed E-state index contributed by atoms with van der Waals surface area (Å²) in [7, 11) is 0. The molecule has 28 heavy (non-hydrogen) atoms. The summed E-state index contributed by atoms with van der Waals surface area (Å²) in [6, 6.07) is 20.2. The minimum atomic E-state index is -0.0983. The average Bonchev–Trinajstić information content (AvgIpc) is 3.25. The Balaban J connectivity index is 1.69. The van der Waals surface area contributed by atoms with Gasteiger partial charge < -0.3 is 10.1 Å². The maximum Gasteiger partial charge on any atom is 0.238 e. The van der Waals surface area contributed by atoms with Gasteiger partial charge in [-0.05, 0) is 48.1 Å². The van der Waals surface area contributed by atoms with Crippen molar-refractivity contribution in [2.24, 2.45) is 0 Å². The van der Waals surface area contributed by atoms with Crippen LogP contribution in [0.1, 0.15) is 35.9 Å². The molecule has 0 aliphatic heterocycles. The maximum atomic E-state index is 12.5. The van der Waals surface area contributed by atoms with Crippen molar-refractivity contribution in [3.05, 3.63) is 82.0 Å². The molecule has 0 fully saturated rings. The number of carbonyl (C=O) groups excluding carboxylic acids is 1. The molecule has 1 heterocycles. The Kier molecular flexibility index (Phi) is 7.23. The van der Waals surface area contributed by atoms with Crippen LogP contribution in [0.4, 0.5) is 5.69 Å². The lowest BCUT2D eigenvalue weighted by Gasteiger charge is -2.19. The lowest BCUT2D eigenvalue weighted by atomic mass is 10.0. The molecule has 4 nitrogen and oxygen atoms in total. The van der Waals surface area contributed by atoms with Crippen LogP contribution in [-0.4, -0.2) is 19.1 Å². The number of ether oxygens (including phenoxy) is 1.